The van der Waals surface area contributed by atoms with Crippen LogP contribution in [0.1, 0.15) is 59.6 Å². The molecular formula is C31H49N9O11. The van der Waals surface area contributed by atoms with Crippen LogP contribution >= 0.6 is 0 Å². The molecule has 0 radical (unpaired) electrons. The third-order valence-corrected chi connectivity index (χ3v) is 8.21. The van der Waals surface area contributed by atoms with Crippen molar-refractivity contribution in [3.63, 3.8) is 0 Å². The largest absolute Gasteiger partial charge is 0.481 e. The second-order valence-corrected chi connectivity index (χ2v) is 13.0. The number of nitrogens with two attached hydrogens (primary N) is 1. The predicted molar refractivity (Wildman–Crippen MR) is 177 cm³/mol. The number of aromatic nitrogens is 2. The van der Waals surface area contributed by atoms with Crippen LogP contribution in [0.15, 0.2) is 12.5 Å². The molecule has 6 amide bonds. The Labute approximate surface area is 294 Å². The Morgan fingerprint density at radius 3 is 2.02 bits per heavy atom. The molecule has 1 fully saturated rings. The lowest BCUT2D eigenvalue weighted by Gasteiger charge is -2.32. The number of carboxylic acids is 2. The molecule has 284 valence electrons. The lowest BCUT2D eigenvalue weighted by molar-refractivity contribution is -0.144. The maximum absolute atomic E-state index is 13.8. The molecule has 1 aromatic heterocycles. The van der Waals surface area contributed by atoms with E-state index in [1.807, 2.05) is 0 Å². The van der Waals surface area contributed by atoms with Gasteiger partial charge in [0.25, 0.3) is 0 Å². The quantitative estimate of drug-likeness (QED) is 0.0666. The number of hydrogen-bond acceptors (Lipinski definition) is 11. The fraction of sp³-hybridized carbons (Fsp3) is 0.645. The van der Waals surface area contributed by atoms with Crippen molar-refractivity contribution >= 4 is 47.4 Å². The van der Waals surface area contributed by atoms with E-state index in [9.17, 15) is 48.6 Å². The average molecular weight is 724 g/mol. The van der Waals surface area contributed by atoms with Crippen molar-refractivity contribution < 1.29 is 53.7 Å². The molecule has 0 unspecified atom stereocenters. The molecule has 1 saturated heterocycles. The monoisotopic (exact) mass is 723 g/mol. The molecule has 0 bridgehead atoms. The number of H-pyrrole nitrogens is 1. The number of hydrogen-bond donors (Lipinski definition) is 10. The zero-order valence-corrected chi connectivity index (χ0v) is 29.2. The van der Waals surface area contributed by atoms with Gasteiger partial charge in [-0.05, 0) is 31.6 Å². The van der Waals surface area contributed by atoms with E-state index in [-0.39, 0.29) is 19.4 Å². The molecule has 0 saturated carbocycles. The summed E-state index contributed by atoms with van der Waals surface area (Å²) in [6.45, 7) is 7.25. The molecule has 20 nitrogen and oxygen atoms in total. The van der Waals surface area contributed by atoms with Crippen LogP contribution in [0.2, 0.25) is 0 Å². The molecule has 7 atom stereocenters. The maximum atomic E-state index is 13.8. The van der Waals surface area contributed by atoms with E-state index in [2.05, 4.69) is 36.6 Å². The van der Waals surface area contributed by atoms with Gasteiger partial charge in [0, 0.05) is 24.9 Å². The lowest BCUT2D eigenvalue weighted by atomic mass is 10.0. The predicted octanol–water partition coefficient (Wildman–Crippen LogP) is -3.42. The summed E-state index contributed by atoms with van der Waals surface area (Å²) in [7, 11) is 0. The van der Waals surface area contributed by atoms with Crippen LogP contribution in [0.3, 0.4) is 0 Å². The van der Waals surface area contributed by atoms with E-state index in [0.717, 1.165) is 0 Å². The number of aliphatic carboxylic acids is 2. The van der Waals surface area contributed by atoms with E-state index in [1.165, 1.54) is 24.3 Å². The van der Waals surface area contributed by atoms with Crippen molar-refractivity contribution in [2.24, 2.45) is 17.6 Å². The van der Waals surface area contributed by atoms with E-state index in [1.54, 1.807) is 27.7 Å². The van der Waals surface area contributed by atoms with Crippen molar-refractivity contribution in [2.45, 2.75) is 103 Å². The fourth-order valence-electron chi connectivity index (χ4n) is 5.27. The van der Waals surface area contributed by atoms with Crippen molar-refractivity contribution in [2.75, 3.05) is 13.2 Å². The zero-order chi connectivity index (χ0) is 38.6. The van der Waals surface area contributed by atoms with Crippen molar-refractivity contribution in [1.82, 2.24) is 41.5 Å². The number of nitrogens with one attached hydrogen (secondary N) is 6. The average Bonchev–Trinajstić information content (AvgIpc) is 3.76. The van der Waals surface area contributed by atoms with Gasteiger partial charge in [0.2, 0.25) is 35.4 Å². The van der Waals surface area contributed by atoms with E-state index < -0.39 is 115 Å². The van der Waals surface area contributed by atoms with E-state index >= 15 is 0 Å². The van der Waals surface area contributed by atoms with Gasteiger partial charge in [-0.15, -0.1) is 0 Å². The number of carbonyl (C=O) groups excluding carboxylic acids is 6. The highest BCUT2D eigenvalue weighted by Gasteiger charge is 2.41. The molecule has 0 aromatic carbocycles. The van der Waals surface area contributed by atoms with Gasteiger partial charge in [-0.3, -0.25) is 33.6 Å². The molecule has 11 N–H and O–H groups in total. The smallest absolute Gasteiger partial charge is 0.326 e. The van der Waals surface area contributed by atoms with Gasteiger partial charge < -0.3 is 57.5 Å². The first-order chi connectivity index (χ1) is 23.9. The van der Waals surface area contributed by atoms with Gasteiger partial charge in [-0.1, -0.05) is 27.7 Å². The number of likely N-dealkylation sites (tertiary alicyclic amines) is 1. The second kappa shape index (κ2) is 19.3. The molecule has 2 rings (SSSR count). The number of aromatic amines is 1. The summed E-state index contributed by atoms with van der Waals surface area (Å²) >= 11 is 0. The number of carbonyl (C=O) groups is 8. The van der Waals surface area contributed by atoms with Gasteiger partial charge in [0.05, 0.1) is 25.4 Å². The molecule has 1 aliphatic rings. The van der Waals surface area contributed by atoms with E-state index in [4.69, 9.17) is 10.8 Å². The first-order valence-corrected chi connectivity index (χ1v) is 16.5. The highest BCUT2D eigenvalue weighted by molar-refractivity contribution is 5.97. The fourth-order valence-corrected chi connectivity index (χ4v) is 5.27. The lowest BCUT2D eigenvalue weighted by Crippen LogP contribution is -2.60. The standard InChI is InChI=1S/C31H49N9O11/c1-14(2)23(29(48)36-19(31(50)51)9-17-11-33-13-34-17)38-28(47)21-7-6-8-40(21)30(49)24(15(3)4)39-25(44)16(5)35-27(46)20(12-41)37-26(45)18(32)10-22(42)43/h11,13-16,18-21,23-24,41H,6-10,12,32H2,1-5H3,(H,33,34)(H,35,46)(H,36,48)(H,37,45)(H,38,47)(H,39,44)(H,42,43)(H,50,51)/t16-,18-,19-,20-,21-,23-,24-/m0/s1. The Kier molecular flexibility index (Phi) is 15.9. The number of carboxylic acid groups (broad SMARTS) is 2. The molecule has 1 aromatic rings. The summed E-state index contributed by atoms with van der Waals surface area (Å²) in [6.07, 6.45) is 2.72. The highest BCUT2D eigenvalue weighted by Crippen LogP contribution is 2.21. The SMILES string of the molecule is CC(C)[C@H](NC(=O)[C@@H]1CCCN1C(=O)[C@@H](NC(=O)[C@H](C)NC(=O)[C@H](CO)NC(=O)[C@@H](N)CC(=O)O)C(C)C)C(=O)N[C@@H](Cc1cnc[nH]1)C(=O)O. The summed E-state index contributed by atoms with van der Waals surface area (Å²) < 4.78 is 0. The van der Waals surface area contributed by atoms with Gasteiger partial charge in [0.15, 0.2) is 0 Å². The van der Waals surface area contributed by atoms with Gasteiger partial charge >= 0.3 is 11.9 Å². The van der Waals surface area contributed by atoms with Crippen LogP contribution in [-0.2, 0) is 44.8 Å². The Bertz CT molecular complexity index is 1420. The summed E-state index contributed by atoms with van der Waals surface area (Å²) in [5.41, 5.74) is 5.97. The molecule has 51 heavy (non-hydrogen) atoms. The van der Waals surface area contributed by atoms with E-state index in [0.29, 0.717) is 12.1 Å². The molecular weight excluding hydrogens is 674 g/mol. The minimum Gasteiger partial charge on any atom is -0.481 e. The van der Waals surface area contributed by atoms with Gasteiger partial charge in [-0.25, -0.2) is 9.78 Å². The summed E-state index contributed by atoms with van der Waals surface area (Å²) in [6, 6.07) is -8.89. The minimum absolute atomic E-state index is 0.0722. The Morgan fingerprint density at radius 1 is 0.863 bits per heavy atom. The first-order valence-electron chi connectivity index (χ1n) is 16.5. The van der Waals surface area contributed by atoms with Gasteiger partial charge in [0.1, 0.15) is 36.3 Å². The number of nitrogens with zero attached hydrogens (tertiary/aromatic N) is 2. The van der Waals surface area contributed by atoms with Crippen LogP contribution < -0.4 is 32.3 Å². The Morgan fingerprint density at radius 2 is 1.49 bits per heavy atom. The third kappa shape index (κ3) is 12.3. The Hall–Kier alpha value is -5.11. The van der Waals surface area contributed by atoms with Crippen molar-refractivity contribution in [1.29, 1.82) is 0 Å². The molecule has 1 aliphatic heterocycles. The summed E-state index contributed by atoms with van der Waals surface area (Å²) in [5, 5.41) is 40.2. The summed E-state index contributed by atoms with van der Waals surface area (Å²) in [4.78, 5) is 109. The summed E-state index contributed by atoms with van der Waals surface area (Å²) in [5.74, 6) is -8.29. The molecule has 0 aliphatic carbocycles. The number of amides is 6. The third-order valence-electron chi connectivity index (χ3n) is 8.21. The molecule has 2 heterocycles. The Balaban J connectivity index is 2.08. The topological polar surface area (TPSA) is 315 Å². The first kappa shape index (κ1) is 42.1. The second-order valence-electron chi connectivity index (χ2n) is 13.0. The van der Waals surface area contributed by atoms with Crippen LogP contribution in [0.5, 0.6) is 0 Å². The number of imidazole rings is 1. The van der Waals surface area contributed by atoms with Crippen LogP contribution in [0.25, 0.3) is 0 Å². The number of rotatable bonds is 19. The van der Waals surface area contributed by atoms with Crippen LogP contribution in [0.4, 0.5) is 0 Å². The van der Waals surface area contributed by atoms with Crippen LogP contribution in [0, 0.1) is 11.8 Å². The zero-order valence-electron chi connectivity index (χ0n) is 29.2. The van der Waals surface area contributed by atoms with Crippen molar-refractivity contribution in [3.05, 3.63) is 18.2 Å². The molecule has 0 spiro atoms. The maximum Gasteiger partial charge on any atom is 0.326 e. The highest BCUT2D eigenvalue weighted by atomic mass is 16.4. The number of aliphatic hydroxyl groups excluding tert-OH is 1. The molecule has 20 heteroatoms. The van der Waals surface area contributed by atoms with Crippen LogP contribution in [-0.4, -0.2) is 133 Å². The minimum atomic E-state index is -1.55. The van der Waals surface area contributed by atoms with Crippen molar-refractivity contribution in [3.8, 4) is 0 Å². The normalized spacial score (nSPS) is 17.7. The van der Waals surface area contributed by atoms with Gasteiger partial charge in [-0.2, -0.15) is 0 Å². The number of aliphatic hydroxyl groups is 1.